The zero-order chi connectivity index (χ0) is 28.9. The van der Waals surface area contributed by atoms with Gasteiger partial charge in [-0.3, -0.25) is 9.69 Å². The topological polar surface area (TPSA) is 140 Å². The van der Waals surface area contributed by atoms with E-state index in [1.165, 1.54) is 25.9 Å². The van der Waals surface area contributed by atoms with E-state index in [-0.39, 0.29) is 0 Å². The molecule has 2 fully saturated rings. The molecule has 12 heteroatoms. The van der Waals surface area contributed by atoms with Gasteiger partial charge in [-0.1, -0.05) is 12.1 Å². The highest BCUT2D eigenvalue weighted by molar-refractivity contribution is 5.98. The predicted molar refractivity (Wildman–Crippen MR) is 157 cm³/mol. The van der Waals surface area contributed by atoms with Crippen molar-refractivity contribution < 1.29 is 14.6 Å². The van der Waals surface area contributed by atoms with Crippen molar-refractivity contribution in [1.29, 1.82) is 0 Å². The summed E-state index contributed by atoms with van der Waals surface area (Å²) in [6, 6.07) is 11.0. The predicted octanol–water partition coefficient (Wildman–Crippen LogP) is 3.48. The monoisotopic (exact) mass is 561 g/mol. The number of nitrogens with zero attached hydrogens (tertiary/aromatic N) is 8. The number of rotatable bonds is 6. The Morgan fingerprint density at radius 3 is 2.34 bits per heavy atom. The number of nitrogen functional groups attached to an aromatic ring is 1. The van der Waals surface area contributed by atoms with Crippen LogP contribution in [0.3, 0.4) is 0 Å². The van der Waals surface area contributed by atoms with Gasteiger partial charge < -0.3 is 20.5 Å². The lowest BCUT2D eigenvalue weighted by Gasteiger charge is -2.41. The Hall–Kier alpha value is -4.03. The lowest BCUT2D eigenvalue weighted by Crippen LogP contribution is -2.49. The van der Waals surface area contributed by atoms with Crippen LogP contribution in [0.2, 0.25) is 0 Å². The quantitative estimate of drug-likeness (QED) is 0.359. The van der Waals surface area contributed by atoms with Crippen LogP contribution < -0.4 is 10.5 Å². The van der Waals surface area contributed by atoms with E-state index in [1.807, 2.05) is 25.1 Å². The third-order valence-corrected chi connectivity index (χ3v) is 7.87. The van der Waals surface area contributed by atoms with E-state index < -0.39 is 5.97 Å². The Bertz CT molecular complexity index is 1450. The fourth-order valence-corrected chi connectivity index (χ4v) is 5.81. The van der Waals surface area contributed by atoms with Crippen molar-refractivity contribution in [3.8, 4) is 22.8 Å². The van der Waals surface area contributed by atoms with E-state index in [0.717, 1.165) is 66.7 Å². The maximum atomic E-state index is 9.00. The number of piperazine rings is 1. The van der Waals surface area contributed by atoms with Gasteiger partial charge in [-0.25, -0.2) is 19.3 Å². The van der Waals surface area contributed by atoms with Crippen molar-refractivity contribution in [3.05, 3.63) is 42.9 Å². The van der Waals surface area contributed by atoms with Crippen LogP contribution in [0.4, 0.5) is 5.82 Å². The minimum atomic E-state index is -0.833. The third-order valence-electron chi connectivity index (χ3n) is 7.87. The molecule has 0 unspecified atom stereocenters. The molecule has 0 amide bonds. The molecule has 0 atom stereocenters. The Labute approximate surface area is 239 Å². The number of nitrogens with two attached hydrogens (primary N) is 1. The summed E-state index contributed by atoms with van der Waals surface area (Å²) in [5, 5.41) is 17.7. The van der Waals surface area contributed by atoms with E-state index in [1.54, 1.807) is 17.2 Å². The van der Waals surface area contributed by atoms with Gasteiger partial charge in [0, 0.05) is 50.8 Å². The Morgan fingerprint density at radius 1 is 1.02 bits per heavy atom. The van der Waals surface area contributed by atoms with E-state index in [2.05, 4.69) is 48.7 Å². The number of likely N-dealkylation sites (N-methyl/N-ethyl adjacent to an activating group) is 1. The molecule has 1 saturated heterocycles. The Morgan fingerprint density at radius 2 is 1.68 bits per heavy atom. The van der Waals surface area contributed by atoms with Gasteiger partial charge in [0.05, 0.1) is 29.9 Å². The van der Waals surface area contributed by atoms with Crippen LogP contribution in [0, 0.1) is 0 Å². The zero-order valence-electron chi connectivity index (χ0n) is 24.0. The molecule has 1 aliphatic carbocycles. The number of carbonyl (C=O) groups is 1. The summed E-state index contributed by atoms with van der Waals surface area (Å²) in [4.78, 5) is 23.0. The summed E-state index contributed by atoms with van der Waals surface area (Å²) in [6.07, 6.45) is 7.85. The molecular weight excluding hydrogens is 522 g/mol. The molecule has 6 rings (SSSR count). The number of ether oxygens (including phenoxy) is 1. The number of fused-ring (bicyclic) bond motifs is 1. The molecule has 4 aromatic rings. The molecule has 1 saturated carbocycles. The largest absolute Gasteiger partial charge is 0.481 e. The fourth-order valence-electron chi connectivity index (χ4n) is 5.81. The smallest absolute Gasteiger partial charge is 0.300 e. The van der Waals surface area contributed by atoms with Crippen LogP contribution >= 0.6 is 0 Å². The highest BCUT2D eigenvalue weighted by atomic mass is 16.5. The average Bonchev–Trinajstić information content (AvgIpc) is 3.60. The van der Waals surface area contributed by atoms with Gasteiger partial charge in [-0.05, 0) is 51.8 Å². The van der Waals surface area contributed by atoms with Crippen molar-refractivity contribution in [2.75, 3.05) is 45.6 Å². The first-order valence-electron chi connectivity index (χ1n) is 14.2. The number of anilines is 1. The maximum absolute atomic E-state index is 9.00. The van der Waals surface area contributed by atoms with E-state index in [4.69, 9.17) is 25.5 Å². The van der Waals surface area contributed by atoms with Crippen LogP contribution in [0.25, 0.3) is 28.0 Å². The van der Waals surface area contributed by atoms with Gasteiger partial charge in [0.1, 0.15) is 17.8 Å². The minimum Gasteiger partial charge on any atom is -0.481 e. The summed E-state index contributed by atoms with van der Waals surface area (Å²) in [5.41, 5.74) is 9.93. The van der Waals surface area contributed by atoms with Gasteiger partial charge in [-0.15, -0.1) is 0 Å². The number of hydrogen-bond acceptors (Lipinski definition) is 9. The standard InChI is InChI=1S/C27H35N9O.C2H4O2/c1-3-37-23-12-13-31-35(23)21-6-4-19(5-7-21)25-24-26(28)29-18-30-27(24)36(32-25)22-10-8-20(9-11-22)34-16-14-33(2)15-17-34;1-2(3)4/h4-7,12-13,18,20,22H,3,8-11,14-17H2,1-2H3,(H2,28,29,30);1H3,(H,3,4). The number of carboxylic acids is 1. The van der Waals surface area contributed by atoms with Crippen LogP contribution in [0.15, 0.2) is 42.9 Å². The fraction of sp³-hybridized carbons (Fsp3) is 0.483. The van der Waals surface area contributed by atoms with Crippen LogP contribution in [0.1, 0.15) is 45.6 Å². The summed E-state index contributed by atoms with van der Waals surface area (Å²) >= 11 is 0. The molecule has 41 heavy (non-hydrogen) atoms. The Kier molecular flexibility index (Phi) is 8.79. The molecule has 3 aromatic heterocycles. The molecule has 218 valence electrons. The first-order chi connectivity index (χ1) is 19.9. The van der Waals surface area contributed by atoms with Crippen molar-refractivity contribution in [3.63, 3.8) is 0 Å². The highest BCUT2D eigenvalue weighted by Gasteiger charge is 2.30. The summed E-state index contributed by atoms with van der Waals surface area (Å²) in [6.45, 7) is 8.30. The molecule has 1 aromatic carbocycles. The van der Waals surface area contributed by atoms with Crippen molar-refractivity contribution in [2.45, 2.75) is 51.6 Å². The molecule has 0 spiro atoms. The molecule has 3 N–H and O–H groups in total. The summed E-state index contributed by atoms with van der Waals surface area (Å²) < 4.78 is 9.59. The first kappa shape index (κ1) is 28.5. The third kappa shape index (κ3) is 6.33. The number of benzene rings is 1. The van der Waals surface area contributed by atoms with E-state index in [9.17, 15) is 0 Å². The van der Waals surface area contributed by atoms with Crippen LogP contribution in [-0.2, 0) is 4.79 Å². The van der Waals surface area contributed by atoms with Crippen molar-refractivity contribution in [2.24, 2.45) is 0 Å². The maximum Gasteiger partial charge on any atom is 0.300 e. The zero-order valence-corrected chi connectivity index (χ0v) is 24.0. The Balaban J connectivity index is 0.000000794. The van der Waals surface area contributed by atoms with Crippen LogP contribution in [-0.4, -0.2) is 96.3 Å². The second-order valence-corrected chi connectivity index (χ2v) is 10.6. The molecule has 4 heterocycles. The molecule has 2 aliphatic rings. The second kappa shape index (κ2) is 12.6. The number of aromatic nitrogens is 6. The highest BCUT2D eigenvalue weighted by Crippen LogP contribution is 2.37. The van der Waals surface area contributed by atoms with E-state index in [0.29, 0.717) is 24.5 Å². The molecular formula is C29H39N9O3. The van der Waals surface area contributed by atoms with Gasteiger partial charge >= 0.3 is 0 Å². The van der Waals surface area contributed by atoms with Gasteiger partial charge in [-0.2, -0.15) is 10.2 Å². The van der Waals surface area contributed by atoms with Gasteiger partial charge in [0.15, 0.2) is 5.65 Å². The van der Waals surface area contributed by atoms with Crippen molar-refractivity contribution in [1.82, 2.24) is 39.3 Å². The lowest BCUT2D eigenvalue weighted by atomic mass is 9.90. The molecule has 0 bridgehead atoms. The lowest BCUT2D eigenvalue weighted by molar-refractivity contribution is -0.134. The number of hydrogen-bond donors (Lipinski definition) is 2. The molecule has 1 aliphatic heterocycles. The summed E-state index contributed by atoms with van der Waals surface area (Å²) in [5.74, 6) is 0.349. The molecule has 12 nitrogen and oxygen atoms in total. The second-order valence-electron chi connectivity index (χ2n) is 10.6. The van der Waals surface area contributed by atoms with E-state index >= 15 is 0 Å². The van der Waals surface area contributed by atoms with Gasteiger partial charge in [0.2, 0.25) is 5.88 Å². The molecule has 0 radical (unpaired) electrons. The number of carboxylic acid groups (broad SMARTS) is 1. The summed E-state index contributed by atoms with van der Waals surface area (Å²) in [7, 11) is 2.21. The normalized spacial score (nSPS) is 20.0. The average molecular weight is 562 g/mol. The number of aliphatic carboxylic acids is 1. The van der Waals surface area contributed by atoms with Gasteiger partial charge in [0.25, 0.3) is 5.97 Å². The minimum absolute atomic E-state index is 0.311. The van der Waals surface area contributed by atoms with Crippen molar-refractivity contribution >= 4 is 22.8 Å². The van der Waals surface area contributed by atoms with Crippen LogP contribution in [0.5, 0.6) is 5.88 Å². The SMILES string of the molecule is CC(=O)O.CCOc1ccnn1-c1ccc(-c2nn(C3CCC(N4CCN(C)CC4)CC3)c3ncnc(N)c23)cc1. The first-order valence-corrected chi connectivity index (χ1v) is 14.2.